The third-order valence-electron chi connectivity index (χ3n) is 2.04. The molecule has 0 bridgehead atoms. The number of hydrazine groups is 1. The van der Waals surface area contributed by atoms with Gasteiger partial charge in [0.25, 0.3) is 0 Å². The molecule has 1 atom stereocenters. The summed E-state index contributed by atoms with van der Waals surface area (Å²) in [5.74, 6) is 5.57. The van der Waals surface area contributed by atoms with Crippen molar-refractivity contribution in [2.45, 2.75) is 34.1 Å². The summed E-state index contributed by atoms with van der Waals surface area (Å²) in [7, 11) is 0. The molecule has 0 aliphatic rings. The second-order valence-electron chi connectivity index (χ2n) is 4.06. The van der Waals surface area contributed by atoms with Gasteiger partial charge in [0.2, 0.25) is 0 Å². The van der Waals surface area contributed by atoms with Gasteiger partial charge >= 0.3 is 0 Å². The molecule has 0 spiro atoms. The molecule has 4 N–H and O–H groups in total. The summed E-state index contributed by atoms with van der Waals surface area (Å²) in [5.41, 5.74) is 2.42. The number of aliphatic hydroxyl groups excluding tert-OH is 1. The number of hydrogen-bond donors (Lipinski definition) is 3. The summed E-state index contributed by atoms with van der Waals surface area (Å²) in [6.07, 6.45) is 2.35. The van der Waals surface area contributed by atoms with E-state index >= 15 is 0 Å². The number of rotatable bonds is 3. The maximum atomic E-state index is 9.56. The SMILES string of the molecule is CCC(/C(O)=C\NN)C(C)(C)C. The van der Waals surface area contributed by atoms with Crippen molar-refractivity contribution < 1.29 is 5.11 Å². The first kappa shape index (κ1) is 11.3. The van der Waals surface area contributed by atoms with Crippen LogP contribution in [0.1, 0.15) is 34.1 Å². The highest BCUT2D eigenvalue weighted by Gasteiger charge is 2.26. The minimum Gasteiger partial charge on any atom is -0.510 e. The van der Waals surface area contributed by atoms with Gasteiger partial charge in [0.05, 0.1) is 6.20 Å². The molecule has 72 valence electrons. The third kappa shape index (κ3) is 3.13. The van der Waals surface area contributed by atoms with Gasteiger partial charge < -0.3 is 10.5 Å². The van der Waals surface area contributed by atoms with Gasteiger partial charge in [0.15, 0.2) is 0 Å². The first-order valence-corrected chi connectivity index (χ1v) is 4.28. The Hall–Kier alpha value is -0.700. The van der Waals surface area contributed by atoms with Gasteiger partial charge in [-0.3, -0.25) is 5.84 Å². The average Bonchev–Trinajstić information content (AvgIpc) is 1.85. The molecule has 1 unspecified atom stereocenters. The van der Waals surface area contributed by atoms with Crippen LogP contribution in [-0.2, 0) is 0 Å². The van der Waals surface area contributed by atoms with Crippen molar-refractivity contribution in [3.05, 3.63) is 12.0 Å². The van der Waals surface area contributed by atoms with Crippen LogP contribution in [0.15, 0.2) is 12.0 Å². The van der Waals surface area contributed by atoms with Gasteiger partial charge in [-0.15, -0.1) is 0 Å². The van der Waals surface area contributed by atoms with Crippen LogP contribution in [0.4, 0.5) is 0 Å². The molecule has 0 aliphatic carbocycles. The van der Waals surface area contributed by atoms with E-state index in [0.717, 1.165) is 6.42 Å². The lowest BCUT2D eigenvalue weighted by molar-refractivity contribution is 0.194. The van der Waals surface area contributed by atoms with Crippen LogP contribution in [0.3, 0.4) is 0 Å². The van der Waals surface area contributed by atoms with Crippen molar-refractivity contribution in [3.63, 3.8) is 0 Å². The van der Waals surface area contributed by atoms with Gasteiger partial charge in [0.1, 0.15) is 5.76 Å². The fourth-order valence-corrected chi connectivity index (χ4v) is 1.45. The lowest BCUT2D eigenvalue weighted by atomic mass is 9.78. The predicted octanol–water partition coefficient (Wildman–Crippen LogP) is 1.92. The van der Waals surface area contributed by atoms with E-state index < -0.39 is 0 Å². The standard InChI is InChI=1S/C9H20N2O/c1-5-7(9(2,3)4)8(12)6-11-10/h6-7,11-12H,5,10H2,1-4H3/b8-6+. The molecular formula is C9H20N2O. The summed E-state index contributed by atoms with van der Waals surface area (Å²) in [5, 5.41) is 9.56. The Bertz CT molecular complexity index is 158. The second kappa shape index (κ2) is 4.36. The smallest absolute Gasteiger partial charge is 0.113 e. The van der Waals surface area contributed by atoms with Crippen LogP contribution in [0.25, 0.3) is 0 Å². The zero-order valence-corrected chi connectivity index (χ0v) is 8.39. The largest absolute Gasteiger partial charge is 0.510 e. The van der Waals surface area contributed by atoms with E-state index in [1.165, 1.54) is 6.20 Å². The molecule has 3 heteroatoms. The minimum absolute atomic E-state index is 0.0756. The summed E-state index contributed by atoms with van der Waals surface area (Å²) in [4.78, 5) is 0. The maximum Gasteiger partial charge on any atom is 0.113 e. The van der Waals surface area contributed by atoms with E-state index in [-0.39, 0.29) is 11.3 Å². The van der Waals surface area contributed by atoms with E-state index in [1.807, 2.05) is 0 Å². The highest BCUT2D eigenvalue weighted by Crippen LogP contribution is 2.32. The van der Waals surface area contributed by atoms with Crippen molar-refractivity contribution in [1.29, 1.82) is 0 Å². The van der Waals surface area contributed by atoms with Gasteiger partial charge in [-0.2, -0.15) is 0 Å². The molecule has 12 heavy (non-hydrogen) atoms. The predicted molar refractivity (Wildman–Crippen MR) is 51.3 cm³/mol. The molecule has 0 amide bonds. The highest BCUT2D eigenvalue weighted by molar-refractivity contribution is 4.99. The van der Waals surface area contributed by atoms with Crippen molar-refractivity contribution >= 4 is 0 Å². The fraction of sp³-hybridized carbons (Fsp3) is 0.778. The number of aliphatic hydroxyl groups is 1. The molecule has 0 heterocycles. The fourth-order valence-electron chi connectivity index (χ4n) is 1.45. The van der Waals surface area contributed by atoms with E-state index in [9.17, 15) is 5.11 Å². The monoisotopic (exact) mass is 172 g/mol. The Kier molecular flexibility index (Phi) is 4.10. The molecule has 0 rings (SSSR count). The number of nitrogens with two attached hydrogens (primary N) is 1. The first-order chi connectivity index (χ1) is 5.43. The van der Waals surface area contributed by atoms with Crippen LogP contribution < -0.4 is 11.3 Å². The van der Waals surface area contributed by atoms with Crippen molar-refractivity contribution in [3.8, 4) is 0 Å². The molecule has 0 aromatic heterocycles. The Morgan fingerprint density at radius 1 is 1.58 bits per heavy atom. The zero-order valence-electron chi connectivity index (χ0n) is 8.39. The molecule has 0 aromatic rings. The van der Waals surface area contributed by atoms with E-state index in [0.29, 0.717) is 5.76 Å². The molecule has 0 radical (unpaired) electrons. The molecule has 0 aliphatic heterocycles. The average molecular weight is 172 g/mol. The van der Waals surface area contributed by atoms with Crippen LogP contribution in [-0.4, -0.2) is 5.11 Å². The van der Waals surface area contributed by atoms with Crippen LogP contribution in [0.5, 0.6) is 0 Å². The quantitative estimate of drug-likeness (QED) is 0.346. The van der Waals surface area contributed by atoms with E-state index in [4.69, 9.17) is 5.84 Å². The first-order valence-electron chi connectivity index (χ1n) is 4.28. The van der Waals surface area contributed by atoms with Gasteiger partial charge in [-0.25, -0.2) is 0 Å². The minimum atomic E-state index is 0.0756. The lowest BCUT2D eigenvalue weighted by Crippen LogP contribution is -2.24. The topological polar surface area (TPSA) is 58.3 Å². The number of allylic oxidation sites excluding steroid dienone is 1. The van der Waals surface area contributed by atoms with E-state index in [2.05, 4.69) is 33.1 Å². The van der Waals surface area contributed by atoms with Crippen LogP contribution in [0.2, 0.25) is 0 Å². The second-order valence-corrected chi connectivity index (χ2v) is 4.06. The Morgan fingerprint density at radius 2 is 2.08 bits per heavy atom. The molecule has 0 saturated carbocycles. The van der Waals surface area contributed by atoms with Crippen molar-refractivity contribution in [1.82, 2.24) is 5.43 Å². The lowest BCUT2D eigenvalue weighted by Gasteiger charge is -2.28. The van der Waals surface area contributed by atoms with Crippen LogP contribution in [0, 0.1) is 11.3 Å². The Labute approximate surface area is 74.6 Å². The Balaban J connectivity index is 4.46. The molecule has 0 saturated heterocycles. The summed E-state index contributed by atoms with van der Waals surface area (Å²) < 4.78 is 0. The third-order valence-corrected chi connectivity index (χ3v) is 2.04. The summed E-state index contributed by atoms with van der Waals surface area (Å²) in [6.45, 7) is 8.35. The van der Waals surface area contributed by atoms with Gasteiger partial charge in [-0.05, 0) is 11.8 Å². The molecular weight excluding hydrogens is 152 g/mol. The Morgan fingerprint density at radius 3 is 2.33 bits per heavy atom. The molecule has 0 fully saturated rings. The van der Waals surface area contributed by atoms with Crippen LogP contribution >= 0.6 is 0 Å². The normalized spacial score (nSPS) is 15.9. The van der Waals surface area contributed by atoms with Crippen molar-refractivity contribution in [2.24, 2.45) is 17.2 Å². The number of hydrogen-bond acceptors (Lipinski definition) is 3. The van der Waals surface area contributed by atoms with E-state index in [1.54, 1.807) is 0 Å². The summed E-state index contributed by atoms with van der Waals surface area (Å²) >= 11 is 0. The maximum absolute atomic E-state index is 9.56. The number of nitrogens with one attached hydrogen (secondary N) is 1. The van der Waals surface area contributed by atoms with Gasteiger partial charge in [0, 0.05) is 5.92 Å². The summed E-state index contributed by atoms with van der Waals surface area (Å²) in [6, 6.07) is 0. The molecule has 3 nitrogen and oxygen atoms in total. The van der Waals surface area contributed by atoms with Gasteiger partial charge in [-0.1, -0.05) is 27.7 Å². The molecule has 0 aromatic carbocycles. The van der Waals surface area contributed by atoms with Crippen molar-refractivity contribution in [2.75, 3.05) is 0 Å². The zero-order chi connectivity index (χ0) is 9.78. The highest BCUT2D eigenvalue weighted by atomic mass is 16.3.